The van der Waals surface area contributed by atoms with Gasteiger partial charge in [0.05, 0.1) is 23.4 Å². The monoisotopic (exact) mass is 443 g/mol. The molecule has 0 aromatic heterocycles. The topological polar surface area (TPSA) is 83.9 Å². The predicted molar refractivity (Wildman–Crippen MR) is 99.6 cm³/mol. The Morgan fingerprint density at radius 3 is 2.56 bits per heavy atom. The highest BCUT2D eigenvalue weighted by Crippen LogP contribution is 2.37. The van der Waals surface area contributed by atoms with E-state index in [4.69, 9.17) is 4.74 Å². The molecule has 1 amide bonds. The Labute approximate surface area is 165 Å². The highest BCUT2D eigenvalue weighted by molar-refractivity contribution is 9.10. The number of benzene rings is 1. The molecular weight excluding hydrogens is 421 g/mol. The third kappa shape index (κ3) is 5.51. The summed E-state index contributed by atoms with van der Waals surface area (Å²) in [5.74, 6) is -2.28. The molecule has 27 heavy (non-hydrogen) atoms. The van der Waals surface area contributed by atoms with Gasteiger partial charge in [-0.15, -0.1) is 0 Å². The van der Waals surface area contributed by atoms with Crippen LogP contribution in [0.5, 0.6) is 0 Å². The molecule has 0 bridgehead atoms. The highest BCUT2D eigenvalue weighted by Gasteiger charge is 2.34. The van der Waals surface area contributed by atoms with Gasteiger partial charge in [-0.2, -0.15) is 0 Å². The molecule has 0 saturated heterocycles. The fourth-order valence-corrected chi connectivity index (χ4v) is 3.72. The fourth-order valence-electron chi connectivity index (χ4n) is 3.16. The lowest BCUT2D eigenvalue weighted by molar-refractivity contribution is -0.157. The second kappa shape index (κ2) is 8.37. The lowest BCUT2D eigenvalue weighted by atomic mass is 9.90. The zero-order chi connectivity index (χ0) is 20.4. The van der Waals surface area contributed by atoms with Gasteiger partial charge < -0.3 is 14.7 Å². The van der Waals surface area contributed by atoms with Crippen molar-refractivity contribution in [3.63, 3.8) is 0 Å². The van der Waals surface area contributed by atoms with Gasteiger partial charge in [0.15, 0.2) is 0 Å². The number of fused-ring (bicyclic) bond motifs is 1. The smallest absolute Gasteiger partial charge is 0.306 e. The summed E-state index contributed by atoms with van der Waals surface area (Å²) in [5, 5.41) is 9.26. The maximum atomic E-state index is 13.8. The van der Waals surface area contributed by atoms with Crippen molar-refractivity contribution in [1.82, 2.24) is 4.90 Å². The molecule has 0 aliphatic carbocycles. The minimum absolute atomic E-state index is 0.0667. The zero-order valence-corrected chi connectivity index (χ0v) is 17.1. The van der Waals surface area contributed by atoms with Crippen LogP contribution in [-0.2, 0) is 25.5 Å². The largest absolute Gasteiger partial charge is 0.481 e. The van der Waals surface area contributed by atoms with Crippen molar-refractivity contribution in [2.45, 2.75) is 58.1 Å². The summed E-state index contributed by atoms with van der Waals surface area (Å²) in [6, 6.07) is 2.08. The van der Waals surface area contributed by atoms with E-state index in [0.29, 0.717) is 22.0 Å². The minimum Gasteiger partial charge on any atom is -0.481 e. The summed E-state index contributed by atoms with van der Waals surface area (Å²) >= 11 is 3.21. The van der Waals surface area contributed by atoms with Crippen LogP contribution in [0.1, 0.15) is 57.2 Å². The SMILES string of the molecule is CC(C)(C)OC(=O)CCC(=O)N1CCc2c(ccc(F)c2Br)C1CC(=O)O. The van der Waals surface area contributed by atoms with Crippen LogP contribution in [0, 0.1) is 5.82 Å². The van der Waals surface area contributed by atoms with Crippen molar-refractivity contribution >= 4 is 33.8 Å². The number of esters is 1. The number of rotatable bonds is 5. The number of carboxylic acids is 1. The Bertz CT molecular complexity index is 759. The Balaban J connectivity index is 2.17. The summed E-state index contributed by atoms with van der Waals surface area (Å²) in [6.07, 6.45) is -0.0275. The molecule has 0 fully saturated rings. The molecule has 1 N–H and O–H groups in total. The van der Waals surface area contributed by atoms with Gasteiger partial charge in [0.2, 0.25) is 5.91 Å². The first kappa shape index (κ1) is 21.3. The van der Waals surface area contributed by atoms with Crippen molar-refractivity contribution in [3.8, 4) is 0 Å². The number of amides is 1. The molecule has 0 saturated carbocycles. The summed E-state index contributed by atoms with van der Waals surface area (Å²) in [7, 11) is 0. The number of halogens is 2. The molecule has 1 unspecified atom stereocenters. The van der Waals surface area contributed by atoms with Gasteiger partial charge >= 0.3 is 11.9 Å². The van der Waals surface area contributed by atoms with Gasteiger partial charge in [-0.05, 0) is 60.3 Å². The summed E-state index contributed by atoms with van der Waals surface area (Å²) in [6.45, 7) is 5.50. The van der Waals surface area contributed by atoms with Crippen LogP contribution in [0.25, 0.3) is 0 Å². The third-order valence-corrected chi connectivity index (χ3v) is 5.08. The Morgan fingerprint density at radius 2 is 1.96 bits per heavy atom. The Morgan fingerprint density at radius 1 is 1.30 bits per heavy atom. The van der Waals surface area contributed by atoms with Gasteiger partial charge in [0, 0.05) is 13.0 Å². The van der Waals surface area contributed by atoms with Gasteiger partial charge in [0.25, 0.3) is 0 Å². The van der Waals surface area contributed by atoms with Crippen LogP contribution in [0.15, 0.2) is 16.6 Å². The van der Waals surface area contributed by atoms with E-state index in [2.05, 4.69) is 15.9 Å². The first-order chi connectivity index (χ1) is 12.5. The highest BCUT2D eigenvalue weighted by atomic mass is 79.9. The van der Waals surface area contributed by atoms with Crippen molar-refractivity contribution in [2.75, 3.05) is 6.54 Å². The van der Waals surface area contributed by atoms with Crippen LogP contribution < -0.4 is 0 Å². The second-order valence-electron chi connectivity index (χ2n) is 7.47. The minimum atomic E-state index is -1.06. The summed E-state index contributed by atoms with van der Waals surface area (Å²) in [4.78, 5) is 37.3. The Hall–Kier alpha value is -1.96. The van der Waals surface area contributed by atoms with Crippen molar-refractivity contribution in [3.05, 3.63) is 33.5 Å². The van der Waals surface area contributed by atoms with Crippen LogP contribution >= 0.6 is 15.9 Å². The number of carbonyl (C=O) groups is 3. The lowest BCUT2D eigenvalue weighted by Gasteiger charge is -2.37. The number of nitrogens with zero attached hydrogens (tertiary/aromatic N) is 1. The van der Waals surface area contributed by atoms with Crippen molar-refractivity contribution in [1.29, 1.82) is 0 Å². The molecule has 6 nitrogen and oxygen atoms in total. The van der Waals surface area contributed by atoms with E-state index in [-0.39, 0.29) is 31.7 Å². The molecule has 1 aliphatic heterocycles. The molecule has 148 valence electrons. The normalized spacial score (nSPS) is 16.6. The first-order valence-electron chi connectivity index (χ1n) is 8.69. The van der Waals surface area contributed by atoms with Crippen molar-refractivity contribution in [2.24, 2.45) is 0 Å². The molecule has 2 rings (SSSR count). The predicted octanol–water partition coefficient (Wildman–Crippen LogP) is 3.61. The van der Waals surface area contributed by atoms with Gasteiger partial charge in [-0.25, -0.2) is 4.39 Å². The summed E-state index contributed by atoms with van der Waals surface area (Å²) in [5.41, 5.74) is 0.659. The van der Waals surface area contributed by atoms with E-state index in [1.165, 1.54) is 17.0 Å². The molecule has 8 heteroatoms. The van der Waals surface area contributed by atoms with E-state index in [1.807, 2.05) is 0 Å². The molecule has 1 aromatic carbocycles. The molecule has 1 atom stereocenters. The maximum Gasteiger partial charge on any atom is 0.306 e. The summed E-state index contributed by atoms with van der Waals surface area (Å²) < 4.78 is 19.3. The van der Waals surface area contributed by atoms with Crippen LogP contribution in [0.4, 0.5) is 4.39 Å². The van der Waals surface area contributed by atoms with Gasteiger partial charge in [-0.3, -0.25) is 14.4 Å². The van der Waals surface area contributed by atoms with Crippen molar-refractivity contribution < 1.29 is 28.6 Å². The molecule has 1 aromatic rings. The average molecular weight is 444 g/mol. The molecular formula is C19H23BrFNO5. The number of hydrogen-bond donors (Lipinski definition) is 1. The fraction of sp³-hybridized carbons (Fsp3) is 0.526. The van der Waals surface area contributed by atoms with E-state index in [9.17, 15) is 23.9 Å². The lowest BCUT2D eigenvalue weighted by Crippen LogP contribution is -2.41. The molecule has 0 radical (unpaired) electrons. The van der Waals surface area contributed by atoms with Crippen LogP contribution in [0.3, 0.4) is 0 Å². The first-order valence-corrected chi connectivity index (χ1v) is 9.49. The van der Waals surface area contributed by atoms with Gasteiger partial charge in [0.1, 0.15) is 11.4 Å². The second-order valence-corrected chi connectivity index (χ2v) is 8.26. The van der Waals surface area contributed by atoms with E-state index in [1.54, 1.807) is 20.8 Å². The number of carboxylic acid groups (broad SMARTS) is 1. The van der Waals surface area contributed by atoms with Gasteiger partial charge in [-0.1, -0.05) is 6.07 Å². The Kier molecular flexibility index (Phi) is 6.62. The number of carbonyl (C=O) groups excluding carboxylic acids is 2. The standard InChI is InChI=1S/C19H23BrFNO5/c1-19(2,3)27-17(26)7-6-15(23)22-9-8-12-11(14(22)10-16(24)25)4-5-13(21)18(12)20/h4-5,14H,6-10H2,1-3H3,(H,24,25). The van der Waals surface area contributed by atoms with Crippen LogP contribution in [0.2, 0.25) is 0 Å². The van der Waals surface area contributed by atoms with E-state index in [0.717, 1.165) is 0 Å². The molecule has 1 aliphatic rings. The third-order valence-electron chi connectivity index (χ3n) is 4.22. The molecule has 1 heterocycles. The number of hydrogen-bond acceptors (Lipinski definition) is 4. The van der Waals surface area contributed by atoms with Crippen LogP contribution in [-0.4, -0.2) is 40.0 Å². The quantitative estimate of drug-likeness (QED) is 0.702. The zero-order valence-electron chi connectivity index (χ0n) is 15.6. The van der Waals surface area contributed by atoms with E-state index < -0.39 is 29.4 Å². The number of aliphatic carboxylic acids is 1. The number of ether oxygens (including phenoxy) is 1. The average Bonchev–Trinajstić information content (AvgIpc) is 2.54. The van der Waals surface area contributed by atoms with E-state index >= 15 is 0 Å². The maximum absolute atomic E-state index is 13.8. The molecule has 0 spiro atoms.